The Labute approximate surface area is 251 Å². The summed E-state index contributed by atoms with van der Waals surface area (Å²) in [6.45, 7) is 6.63. The summed E-state index contributed by atoms with van der Waals surface area (Å²) in [5, 5.41) is 20.5. The summed E-state index contributed by atoms with van der Waals surface area (Å²) in [5.41, 5.74) is 3.19. The smallest absolute Gasteiger partial charge is 0.246 e. The van der Waals surface area contributed by atoms with E-state index in [1.807, 2.05) is 11.6 Å². The van der Waals surface area contributed by atoms with E-state index in [1.54, 1.807) is 18.3 Å². The third-order valence-corrected chi connectivity index (χ3v) is 8.85. The van der Waals surface area contributed by atoms with Gasteiger partial charge in [-0.3, -0.25) is 4.79 Å². The standard InChI is InChI=1S/C32H41FN4O4S/c1-31(2,3)15-20-12-23-26(16-32(8-5-9-32)41-29(23)36-17-20)35-18-27(38)25(37-28(39)19-40-4)14-22-13-21(6-7-24(22)33)30-34-10-11-42-30/h6-7,10-13,17,25-27,35,38H,5,8-9,14-16,18-19H2,1-4H3,(H,37,39)/t25-,26-,27+/m0/s1. The van der Waals surface area contributed by atoms with E-state index in [0.29, 0.717) is 11.4 Å². The van der Waals surface area contributed by atoms with Gasteiger partial charge in [-0.15, -0.1) is 11.3 Å². The number of aliphatic hydroxyl groups excluding tert-OH is 1. The minimum Gasteiger partial charge on any atom is -0.471 e. The number of thiazole rings is 1. The number of carbonyl (C=O) groups is 1. The molecule has 1 saturated carbocycles. The number of rotatable bonds is 11. The summed E-state index contributed by atoms with van der Waals surface area (Å²) in [6.07, 6.45) is 7.45. The molecule has 3 N–H and O–H groups in total. The van der Waals surface area contributed by atoms with Crippen LogP contribution in [0.4, 0.5) is 4.39 Å². The molecule has 226 valence electrons. The number of aromatic nitrogens is 2. The number of carbonyl (C=O) groups excluding carboxylic acids is 1. The first-order valence-electron chi connectivity index (χ1n) is 14.6. The fraction of sp³-hybridized carbons (Fsp3) is 0.531. The van der Waals surface area contributed by atoms with E-state index in [0.717, 1.165) is 53.8 Å². The first kappa shape index (κ1) is 30.5. The lowest BCUT2D eigenvalue weighted by Gasteiger charge is -2.47. The lowest BCUT2D eigenvalue weighted by molar-refractivity contribution is -0.126. The topological polar surface area (TPSA) is 106 Å². The number of nitrogens with zero attached hydrogens (tertiary/aromatic N) is 2. The maximum Gasteiger partial charge on any atom is 0.246 e. The van der Waals surface area contributed by atoms with E-state index in [2.05, 4.69) is 42.5 Å². The Bertz CT molecular complexity index is 1370. The number of methoxy groups -OCH3 is 1. The number of ether oxygens (including phenoxy) is 2. The normalized spacial score (nSPS) is 19.0. The van der Waals surface area contributed by atoms with Gasteiger partial charge in [0.1, 0.15) is 23.0 Å². The third kappa shape index (κ3) is 7.34. The number of hydrogen-bond acceptors (Lipinski definition) is 8. The van der Waals surface area contributed by atoms with Crippen LogP contribution in [0, 0.1) is 11.2 Å². The summed E-state index contributed by atoms with van der Waals surface area (Å²) >= 11 is 1.47. The van der Waals surface area contributed by atoms with Crippen molar-refractivity contribution in [3.63, 3.8) is 0 Å². The molecule has 1 aliphatic carbocycles. The average Bonchev–Trinajstić information content (AvgIpc) is 3.46. The largest absolute Gasteiger partial charge is 0.471 e. The van der Waals surface area contributed by atoms with Gasteiger partial charge in [-0.05, 0) is 72.9 Å². The lowest BCUT2D eigenvalue weighted by atomic mass is 9.73. The van der Waals surface area contributed by atoms with Crippen LogP contribution in [0.15, 0.2) is 42.0 Å². The number of fused-ring (bicyclic) bond motifs is 1. The van der Waals surface area contributed by atoms with Gasteiger partial charge < -0.3 is 25.2 Å². The van der Waals surface area contributed by atoms with Crippen LogP contribution in [0.2, 0.25) is 0 Å². The summed E-state index contributed by atoms with van der Waals surface area (Å²) in [6, 6.07) is 6.18. The zero-order valence-corrected chi connectivity index (χ0v) is 25.6. The van der Waals surface area contributed by atoms with E-state index in [1.165, 1.54) is 24.5 Å². The third-order valence-electron chi connectivity index (χ3n) is 8.02. The molecule has 3 heterocycles. The van der Waals surface area contributed by atoms with Crippen LogP contribution in [-0.4, -0.2) is 59.0 Å². The molecule has 0 saturated heterocycles. The van der Waals surface area contributed by atoms with E-state index in [-0.39, 0.29) is 42.5 Å². The molecular formula is C32H41FN4O4S. The highest BCUT2D eigenvalue weighted by Gasteiger charge is 2.46. The monoisotopic (exact) mass is 596 g/mol. The SMILES string of the molecule is COCC(=O)N[C@@H](Cc1cc(-c2nccs2)ccc1F)[C@H](O)CN[C@H]1CC2(CCC2)Oc2ncc(CC(C)(C)C)cc21. The van der Waals surface area contributed by atoms with Crippen molar-refractivity contribution in [3.8, 4) is 16.5 Å². The molecule has 8 nitrogen and oxygen atoms in total. The molecule has 1 amide bonds. The molecule has 5 rings (SSSR count). The van der Waals surface area contributed by atoms with Crippen LogP contribution in [0.25, 0.3) is 10.6 Å². The molecule has 1 spiro atoms. The molecule has 1 aliphatic heterocycles. The van der Waals surface area contributed by atoms with Crippen molar-refractivity contribution >= 4 is 17.2 Å². The number of amides is 1. The van der Waals surface area contributed by atoms with Crippen molar-refractivity contribution in [3.05, 3.63) is 64.5 Å². The minimum atomic E-state index is -0.997. The summed E-state index contributed by atoms with van der Waals surface area (Å²) in [5.74, 6) is -0.125. The number of nitrogens with one attached hydrogen (secondary N) is 2. The Kier molecular flexibility index (Phi) is 9.27. The van der Waals surface area contributed by atoms with Crippen molar-refractivity contribution < 1.29 is 23.8 Å². The van der Waals surface area contributed by atoms with Crippen LogP contribution in [-0.2, 0) is 22.4 Å². The molecule has 0 unspecified atom stereocenters. The van der Waals surface area contributed by atoms with Gasteiger partial charge in [0, 0.05) is 55.0 Å². The molecular weight excluding hydrogens is 555 g/mol. The van der Waals surface area contributed by atoms with Gasteiger partial charge in [0.25, 0.3) is 0 Å². The number of halogens is 1. The summed E-state index contributed by atoms with van der Waals surface area (Å²) in [7, 11) is 1.44. The Balaban J connectivity index is 1.35. The molecule has 1 aromatic carbocycles. The average molecular weight is 597 g/mol. The maximum absolute atomic E-state index is 15.0. The number of benzene rings is 1. The summed E-state index contributed by atoms with van der Waals surface area (Å²) < 4.78 is 26.4. The first-order valence-corrected chi connectivity index (χ1v) is 15.5. The molecule has 0 radical (unpaired) electrons. The Morgan fingerprint density at radius 3 is 2.76 bits per heavy atom. The van der Waals surface area contributed by atoms with E-state index < -0.39 is 18.0 Å². The molecule has 3 aromatic rings. The molecule has 2 aliphatic rings. The molecule has 3 atom stereocenters. The van der Waals surface area contributed by atoms with Crippen molar-refractivity contribution in [2.75, 3.05) is 20.3 Å². The molecule has 0 bridgehead atoms. The number of aliphatic hydroxyl groups is 1. The van der Waals surface area contributed by atoms with Gasteiger partial charge in [0.2, 0.25) is 11.8 Å². The molecule has 42 heavy (non-hydrogen) atoms. The van der Waals surface area contributed by atoms with Crippen LogP contribution in [0.3, 0.4) is 0 Å². The van der Waals surface area contributed by atoms with E-state index in [9.17, 15) is 14.3 Å². The van der Waals surface area contributed by atoms with Crippen LogP contribution < -0.4 is 15.4 Å². The Hall–Kier alpha value is -2.92. The molecule has 2 aromatic heterocycles. The zero-order chi connectivity index (χ0) is 29.9. The van der Waals surface area contributed by atoms with Gasteiger partial charge in [-0.1, -0.05) is 20.8 Å². The van der Waals surface area contributed by atoms with Gasteiger partial charge in [-0.2, -0.15) is 0 Å². The second-order valence-corrected chi connectivity index (χ2v) is 13.7. The van der Waals surface area contributed by atoms with Crippen LogP contribution in [0.1, 0.15) is 69.2 Å². The zero-order valence-electron chi connectivity index (χ0n) is 24.8. The molecule has 1 fully saturated rings. The highest BCUT2D eigenvalue weighted by molar-refractivity contribution is 7.13. The van der Waals surface area contributed by atoms with Gasteiger partial charge in [0.05, 0.1) is 12.1 Å². The highest BCUT2D eigenvalue weighted by Crippen LogP contribution is 2.48. The Morgan fingerprint density at radius 1 is 1.29 bits per heavy atom. The Morgan fingerprint density at radius 2 is 2.10 bits per heavy atom. The van der Waals surface area contributed by atoms with Crippen molar-refractivity contribution in [2.45, 2.75) is 83.1 Å². The summed E-state index contributed by atoms with van der Waals surface area (Å²) in [4.78, 5) is 21.6. The highest BCUT2D eigenvalue weighted by atomic mass is 32.1. The van der Waals surface area contributed by atoms with Crippen molar-refractivity contribution in [1.82, 2.24) is 20.6 Å². The molecule has 10 heteroatoms. The fourth-order valence-corrected chi connectivity index (χ4v) is 6.52. The van der Waals surface area contributed by atoms with Crippen LogP contribution >= 0.6 is 11.3 Å². The second-order valence-electron chi connectivity index (χ2n) is 12.8. The van der Waals surface area contributed by atoms with Gasteiger partial charge in [-0.25, -0.2) is 14.4 Å². The van der Waals surface area contributed by atoms with E-state index >= 15 is 0 Å². The van der Waals surface area contributed by atoms with Crippen LogP contribution in [0.5, 0.6) is 5.88 Å². The van der Waals surface area contributed by atoms with Crippen molar-refractivity contribution in [2.24, 2.45) is 5.41 Å². The van der Waals surface area contributed by atoms with E-state index in [4.69, 9.17) is 14.5 Å². The fourth-order valence-electron chi connectivity index (χ4n) is 5.88. The number of pyridine rings is 1. The lowest BCUT2D eigenvalue weighted by Crippen LogP contribution is -2.52. The maximum atomic E-state index is 15.0. The predicted molar refractivity (Wildman–Crippen MR) is 161 cm³/mol. The van der Waals surface area contributed by atoms with Crippen molar-refractivity contribution in [1.29, 1.82) is 0 Å². The quantitative estimate of drug-likeness (QED) is 0.286. The van der Waals surface area contributed by atoms with Gasteiger partial charge >= 0.3 is 0 Å². The minimum absolute atomic E-state index is 0.0728. The first-order chi connectivity index (χ1) is 20.0. The van der Waals surface area contributed by atoms with Gasteiger partial charge in [0.15, 0.2) is 0 Å². The second kappa shape index (κ2) is 12.8. The number of hydrogen-bond donors (Lipinski definition) is 3. The predicted octanol–water partition coefficient (Wildman–Crippen LogP) is 5.00.